The lowest BCUT2D eigenvalue weighted by atomic mass is 9.74. The first-order valence-corrected chi connectivity index (χ1v) is 12.9. The summed E-state index contributed by atoms with van der Waals surface area (Å²) in [7, 11) is 2.12. The fourth-order valence-corrected chi connectivity index (χ4v) is 5.81. The summed E-state index contributed by atoms with van der Waals surface area (Å²) in [6.45, 7) is 8.09. The smallest absolute Gasteiger partial charge is 0.140 e. The summed E-state index contributed by atoms with van der Waals surface area (Å²) in [4.78, 5) is 8.84. The number of hydrogen-bond donors (Lipinski definition) is 1. The monoisotopic (exact) mass is 454 g/mol. The molecule has 1 N–H and O–H groups in total. The molecule has 2 aliphatic rings. The van der Waals surface area contributed by atoms with E-state index >= 15 is 0 Å². The van der Waals surface area contributed by atoms with Gasteiger partial charge in [0, 0.05) is 55.6 Å². The Hall–Kier alpha value is -2.60. The van der Waals surface area contributed by atoms with Crippen molar-refractivity contribution in [3.63, 3.8) is 0 Å². The number of nitrogens with zero attached hydrogens (tertiary/aromatic N) is 3. The molecule has 2 saturated heterocycles. The lowest BCUT2D eigenvalue weighted by Gasteiger charge is -2.56. The first-order chi connectivity index (χ1) is 16.0. The van der Waals surface area contributed by atoms with Crippen molar-refractivity contribution in [1.82, 2.24) is 19.8 Å². The number of likely N-dealkylation sites (tertiary alicyclic amines) is 1. The van der Waals surface area contributed by atoms with E-state index in [1.54, 1.807) is 11.8 Å². The molecule has 4 nitrogen and oxygen atoms in total. The summed E-state index contributed by atoms with van der Waals surface area (Å²) >= 11 is 1.76. The largest absolute Gasteiger partial charge is 0.327 e. The normalized spacial score (nSPS) is 17.3. The highest BCUT2D eigenvalue weighted by Crippen LogP contribution is 2.35. The minimum absolute atomic E-state index is 0.589. The number of thioether (sulfide) groups is 1. The Balaban J connectivity index is 1.26. The fraction of sp³-hybridized carbons (Fsp3) is 0.321. The fourth-order valence-electron chi connectivity index (χ4n) is 5.40. The Morgan fingerprint density at radius 2 is 1.64 bits per heavy atom. The second kappa shape index (κ2) is 8.01. The zero-order valence-electron chi connectivity index (χ0n) is 19.6. The minimum atomic E-state index is 0.589. The number of benzene rings is 3. The van der Waals surface area contributed by atoms with Gasteiger partial charge in [0.1, 0.15) is 5.82 Å². The van der Waals surface area contributed by atoms with E-state index in [-0.39, 0.29) is 0 Å². The van der Waals surface area contributed by atoms with Crippen LogP contribution < -0.4 is 5.32 Å². The van der Waals surface area contributed by atoms with E-state index in [1.807, 2.05) is 0 Å². The quantitative estimate of drug-likeness (QED) is 0.413. The highest BCUT2D eigenvalue weighted by atomic mass is 32.2. The maximum Gasteiger partial charge on any atom is 0.140 e. The molecule has 1 spiro atoms. The molecule has 5 heteroatoms. The van der Waals surface area contributed by atoms with Gasteiger partial charge in [-0.05, 0) is 59.7 Å². The van der Waals surface area contributed by atoms with E-state index in [9.17, 15) is 0 Å². The molecule has 0 aliphatic carbocycles. The Morgan fingerprint density at radius 3 is 2.27 bits per heavy atom. The minimum Gasteiger partial charge on any atom is -0.327 e. The van der Waals surface area contributed by atoms with Crippen LogP contribution in [0, 0.1) is 12.3 Å². The molecule has 6 rings (SSSR count). The summed E-state index contributed by atoms with van der Waals surface area (Å²) in [6.07, 6.45) is 2.11. The molecule has 0 bridgehead atoms. The van der Waals surface area contributed by atoms with E-state index in [0.29, 0.717) is 5.41 Å². The van der Waals surface area contributed by atoms with Crippen molar-refractivity contribution in [2.75, 3.05) is 32.4 Å². The van der Waals surface area contributed by atoms with Crippen LogP contribution in [0.3, 0.4) is 0 Å². The third-order valence-corrected chi connectivity index (χ3v) is 8.08. The number of aromatic nitrogens is 2. The molecule has 0 saturated carbocycles. The zero-order valence-corrected chi connectivity index (χ0v) is 20.4. The highest BCUT2D eigenvalue weighted by Gasteiger charge is 2.47. The van der Waals surface area contributed by atoms with Crippen molar-refractivity contribution < 1.29 is 0 Å². The van der Waals surface area contributed by atoms with Gasteiger partial charge >= 0.3 is 0 Å². The van der Waals surface area contributed by atoms with Crippen molar-refractivity contribution in [1.29, 1.82) is 0 Å². The van der Waals surface area contributed by atoms with E-state index in [1.165, 1.54) is 58.8 Å². The van der Waals surface area contributed by atoms with Gasteiger partial charge in [0.2, 0.25) is 0 Å². The maximum atomic E-state index is 5.00. The Labute approximate surface area is 200 Å². The number of rotatable bonds is 5. The Morgan fingerprint density at radius 1 is 0.939 bits per heavy atom. The van der Waals surface area contributed by atoms with Crippen LogP contribution in [0.2, 0.25) is 0 Å². The van der Waals surface area contributed by atoms with Crippen molar-refractivity contribution in [2.45, 2.75) is 18.4 Å². The van der Waals surface area contributed by atoms with Gasteiger partial charge in [0.15, 0.2) is 0 Å². The predicted octanol–water partition coefficient (Wildman–Crippen LogP) is 5.34. The molecule has 4 aromatic rings. The molecule has 168 valence electrons. The predicted molar refractivity (Wildman–Crippen MR) is 139 cm³/mol. The van der Waals surface area contributed by atoms with Crippen LogP contribution in [0.1, 0.15) is 11.1 Å². The maximum absolute atomic E-state index is 5.00. The van der Waals surface area contributed by atoms with Crippen LogP contribution in [0.5, 0.6) is 0 Å². The molecular formula is C28H30N4S. The topological polar surface area (TPSA) is 33.1 Å². The molecule has 0 atom stereocenters. The average Bonchev–Trinajstić information content (AvgIpc) is 3.12. The van der Waals surface area contributed by atoms with Gasteiger partial charge in [-0.25, -0.2) is 4.98 Å². The van der Waals surface area contributed by atoms with Gasteiger partial charge in [-0.15, -0.1) is 11.8 Å². The number of fused-ring (bicyclic) bond motifs is 1. The van der Waals surface area contributed by atoms with Crippen molar-refractivity contribution in [3.8, 4) is 22.5 Å². The number of aryl methyl sites for hydroxylation is 2. The molecule has 0 unspecified atom stereocenters. The molecule has 2 aliphatic heterocycles. The van der Waals surface area contributed by atoms with Gasteiger partial charge in [-0.3, -0.25) is 4.90 Å². The number of nitrogens with one attached hydrogen (secondary N) is 1. The van der Waals surface area contributed by atoms with Crippen LogP contribution >= 0.6 is 11.8 Å². The van der Waals surface area contributed by atoms with Crippen molar-refractivity contribution in [3.05, 3.63) is 71.8 Å². The average molecular weight is 455 g/mol. The van der Waals surface area contributed by atoms with E-state index in [2.05, 4.69) is 95.7 Å². The molecule has 3 heterocycles. The summed E-state index contributed by atoms with van der Waals surface area (Å²) < 4.78 is 2.23. The molecule has 33 heavy (non-hydrogen) atoms. The van der Waals surface area contributed by atoms with Crippen LogP contribution in [0.15, 0.2) is 65.6 Å². The first kappa shape index (κ1) is 21.0. The molecular weight excluding hydrogens is 424 g/mol. The molecule has 0 amide bonds. The third-order valence-electron chi connectivity index (χ3n) is 7.34. The third kappa shape index (κ3) is 3.68. The second-order valence-electron chi connectivity index (χ2n) is 9.83. The van der Waals surface area contributed by atoms with Gasteiger partial charge in [-0.2, -0.15) is 0 Å². The number of hydrogen-bond acceptors (Lipinski definition) is 4. The lowest BCUT2D eigenvalue weighted by Crippen LogP contribution is -2.70. The first-order valence-electron chi connectivity index (χ1n) is 11.7. The van der Waals surface area contributed by atoms with Crippen LogP contribution in [-0.2, 0) is 13.6 Å². The summed E-state index contributed by atoms with van der Waals surface area (Å²) in [5, 5.41) is 3.42. The molecule has 3 aromatic carbocycles. The number of imidazole rings is 1. The van der Waals surface area contributed by atoms with Gasteiger partial charge < -0.3 is 9.88 Å². The zero-order chi connectivity index (χ0) is 22.6. The summed E-state index contributed by atoms with van der Waals surface area (Å²) in [5.41, 5.74) is 9.14. The lowest BCUT2D eigenvalue weighted by molar-refractivity contribution is -0.0444. The highest BCUT2D eigenvalue weighted by molar-refractivity contribution is 7.98. The SMILES string of the molecule is CSc1ccc(-c2nc3c(C)cc(-c4ccc(CN5CC6(CNC6)C5)cc4)cc3n2C)cc1. The summed E-state index contributed by atoms with van der Waals surface area (Å²) in [6, 6.07) is 22.4. The van der Waals surface area contributed by atoms with Crippen LogP contribution in [-0.4, -0.2) is 46.9 Å². The Kier molecular flexibility index (Phi) is 5.09. The van der Waals surface area contributed by atoms with Gasteiger partial charge in [-0.1, -0.05) is 36.4 Å². The Bertz CT molecular complexity index is 1310. The van der Waals surface area contributed by atoms with Gasteiger partial charge in [0.05, 0.1) is 11.0 Å². The molecule has 2 fully saturated rings. The van der Waals surface area contributed by atoms with E-state index in [4.69, 9.17) is 4.98 Å². The van der Waals surface area contributed by atoms with Crippen LogP contribution in [0.25, 0.3) is 33.5 Å². The molecule has 1 aromatic heterocycles. The van der Waals surface area contributed by atoms with Gasteiger partial charge in [0.25, 0.3) is 0 Å². The van der Waals surface area contributed by atoms with Crippen molar-refractivity contribution in [2.24, 2.45) is 12.5 Å². The molecule has 0 radical (unpaired) electrons. The summed E-state index contributed by atoms with van der Waals surface area (Å²) in [5.74, 6) is 1.02. The van der Waals surface area contributed by atoms with Crippen LogP contribution in [0.4, 0.5) is 0 Å². The van der Waals surface area contributed by atoms with Crippen molar-refractivity contribution >= 4 is 22.8 Å². The van der Waals surface area contributed by atoms with E-state index in [0.717, 1.165) is 23.4 Å². The second-order valence-corrected chi connectivity index (χ2v) is 10.7. The van der Waals surface area contributed by atoms with E-state index < -0.39 is 0 Å². The standard InChI is InChI=1S/C28H30N4S/c1-19-12-23(21-6-4-20(5-7-21)14-32-17-28(18-32)15-29-16-28)13-25-26(19)30-27(31(25)2)22-8-10-24(33-3)11-9-22/h4-13,29H,14-18H2,1-3H3.